The van der Waals surface area contributed by atoms with Gasteiger partial charge in [-0.3, -0.25) is 0 Å². The van der Waals surface area contributed by atoms with Crippen LogP contribution in [0.2, 0.25) is 5.04 Å². The molecule has 0 bridgehead atoms. The molecule has 0 saturated carbocycles. The van der Waals surface area contributed by atoms with Crippen LogP contribution in [0.3, 0.4) is 0 Å². The summed E-state index contributed by atoms with van der Waals surface area (Å²) in [5.74, 6) is 0. The van der Waals surface area contributed by atoms with Crippen molar-refractivity contribution in [2.24, 2.45) is 0 Å². The van der Waals surface area contributed by atoms with E-state index in [2.05, 4.69) is 101 Å². The summed E-state index contributed by atoms with van der Waals surface area (Å²) in [6.07, 6.45) is 4.37. The predicted octanol–water partition coefficient (Wildman–Crippen LogP) is 5.31. The lowest BCUT2D eigenvalue weighted by molar-refractivity contribution is 0.292. The van der Waals surface area contributed by atoms with Crippen molar-refractivity contribution in [3.63, 3.8) is 0 Å². The Morgan fingerprint density at radius 1 is 0.920 bits per heavy atom. The lowest BCUT2D eigenvalue weighted by atomic mass is 10.2. The fraction of sp³-hybridized carbons (Fsp3) is 0.391. The second-order valence-electron chi connectivity index (χ2n) is 7.75. The Hall–Kier alpha value is -1.64. The van der Waals surface area contributed by atoms with E-state index in [1.165, 1.54) is 15.9 Å². The summed E-state index contributed by atoms with van der Waals surface area (Å²) in [6.45, 7) is 12.1. The minimum Gasteiger partial charge on any atom is -0.407 e. The third-order valence-electron chi connectivity index (χ3n) is 4.94. The molecule has 0 aliphatic heterocycles. The number of rotatable bonds is 7. The average molecular weight is 353 g/mol. The molecule has 0 aliphatic rings. The highest BCUT2D eigenvalue weighted by Gasteiger charge is 2.49. The molecule has 0 radical (unpaired) electrons. The molecule has 0 aliphatic carbocycles. The largest absolute Gasteiger partial charge is 0.407 e. The molecule has 2 heteroatoms. The molecule has 25 heavy (non-hydrogen) atoms. The molecule has 2 aromatic carbocycles. The van der Waals surface area contributed by atoms with E-state index in [-0.39, 0.29) is 5.04 Å². The summed E-state index contributed by atoms with van der Waals surface area (Å²) < 4.78 is 6.87. The van der Waals surface area contributed by atoms with Crippen molar-refractivity contribution in [3.8, 4) is 0 Å². The zero-order valence-corrected chi connectivity index (χ0v) is 17.4. The first-order valence-corrected chi connectivity index (χ1v) is 11.2. The van der Waals surface area contributed by atoms with Crippen LogP contribution in [0.25, 0.3) is 0 Å². The van der Waals surface area contributed by atoms with Gasteiger partial charge in [0.05, 0.1) is 0 Å². The quantitative estimate of drug-likeness (QED) is 0.373. The molecule has 134 valence electrons. The second-order valence-corrected chi connectivity index (χ2v) is 12.1. The van der Waals surface area contributed by atoms with E-state index in [4.69, 9.17) is 4.43 Å². The molecule has 0 unspecified atom stereocenters. The monoisotopic (exact) mass is 352 g/mol. The summed E-state index contributed by atoms with van der Waals surface area (Å²) in [5.41, 5.74) is 1.44. The van der Waals surface area contributed by atoms with Gasteiger partial charge in [0.15, 0.2) is 0 Å². The highest BCUT2D eigenvalue weighted by Crippen LogP contribution is 2.36. The van der Waals surface area contributed by atoms with E-state index in [0.29, 0.717) is 0 Å². The Balaban J connectivity index is 2.42. The number of allylic oxidation sites excluding steroid dienone is 2. The maximum Gasteiger partial charge on any atom is 0.261 e. The Morgan fingerprint density at radius 3 is 1.80 bits per heavy atom. The van der Waals surface area contributed by atoms with Crippen molar-refractivity contribution in [3.05, 3.63) is 72.3 Å². The van der Waals surface area contributed by atoms with E-state index < -0.39 is 8.32 Å². The molecular formula is C23H32OSi. The average Bonchev–Trinajstić information content (AvgIpc) is 2.62. The number of hydrogen-bond acceptors (Lipinski definition) is 1. The van der Waals surface area contributed by atoms with Crippen molar-refractivity contribution in [1.82, 2.24) is 0 Å². The van der Waals surface area contributed by atoms with Gasteiger partial charge in [0.2, 0.25) is 0 Å². The highest BCUT2D eigenvalue weighted by atomic mass is 28.4. The van der Waals surface area contributed by atoms with Gasteiger partial charge in [-0.2, -0.15) is 0 Å². The van der Waals surface area contributed by atoms with Gasteiger partial charge in [0.1, 0.15) is 0 Å². The number of hydrogen-bond donors (Lipinski definition) is 0. The second kappa shape index (κ2) is 8.64. The van der Waals surface area contributed by atoms with Crippen molar-refractivity contribution < 1.29 is 4.43 Å². The molecule has 2 aromatic rings. The third kappa shape index (κ3) is 4.50. The van der Waals surface area contributed by atoms with Crippen LogP contribution < -0.4 is 10.4 Å². The van der Waals surface area contributed by atoms with Crippen LogP contribution in [-0.2, 0) is 4.43 Å². The van der Waals surface area contributed by atoms with Crippen LogP contribution >= 0.6 is 0 Å². The van der Waals surface area contributed by atoms with E-state index in [1.807, 2.05) is 0 Å². The summed E-state index contributed by atoms with van der Waals surface area (Å²) in [4.78, 5) is 0. The maximum atomic E-state index is 6.87. The lowest BCUT2D eigenvalue weighted by Crippen LogP contribution is -2.66. The SMILES string of the molecule is C/C=C(\C)CCCO[Si](c1ccccc1)(c1ccccc1)C(C)(C)C. The molecule has 1 nitrogen and oxygen atoms in total. The van der Waals surface area contributed by atoms with E-state index >= 15 is 0 Å². The smallest absolute Gasteiger partial charge is 0.261 e. The van der Waals surface area contributed by atoms with Gasteiger partial charge in [0, 0.05) is 6.61 Å². The van der Waals surface area contributed by atoms with Gasteiger partial charge < -0.3 is 4.43 Å². The van der Waals surface area contributed by atoms with Gasteiger partial charge in [0.25, 0.3) is 8.32 Å². The molecule has 0 atom stereocenters. The first-order chi connectivity index (χ1) is 11.9. The first kappa shape index (κ1) is 19.7. The molecule has 0 spiro atoms. The zero-order chi connectivity index (χ0) is 18.3. The summed E-state index contributed by atoms with van der Waals surface area (Å²) in [5, 5.41) is 2.78. The first-order valence-electron chi connectivity index (χ1n) is 9.28. The van der Waals surface area contributed by atoms with Crippen LogP contribution in [0.5, 0.6) is 0 Å². The molecule has 0 N–H and O–H groups in total. The van der Waals surface area contributed by atoms with Crippen LogP contribution in [0.15, 0.2) is 72.3 Å². The normalized spacial score (nSPS) is 13.1. The van der Waals surface area contributed by atoms with Crippen LogP contribution in [-0.4, -0.2) is 14.9 Å². The van der Waals surface area contributed by atoms with Crippen molar-refractivity contribution in [2.45, 2.75) is 52.5 Å². The van der Waals surface area contributed by atoms with Crippen molar-refractivity contribution in [1.29, 1.82) is 0 Å². The van der Waals surface area contributed by atoms with Gasteiger partial charge in [-0.25, -0.2) is 0 Å². The molecule has 0 heterocycles. The molecule has 2 rings (SSSR count). The molecule has 0 aromatic heterocycles. The van der Waals surface area contributed by atoms with Crippen molar-refractivity contribution in [2.75, 3.05) is 6.61 Å². The molecule has 0 fully saturated rings. The fourth-order valence-corrected chi connectivity index (χ4v) is 8.09. The van der Waals surface area contributed by atoms with E-state index in [1.54, 1.807) is 0 Å². The predicted molar refractivity (Wildman–Crippen MR) is 112 cm³/mol. The minimum absolute atomic E-state index is 0.0609. The van der Waals surface area contributed by atoms with Gasteiger partial charge >= 0.3 is 0 Å². The fourth-order valence-electron chi connectivity index (χ4n) is 3.48. The molecule has 0 amide bonds. The summed E-state index contributed by atoms with van der Waals surface area (Å²) >= 11 is 0. The van der Waals surface area contributed by atoms with Crippen molar-refractivity contribution >= 4 is 18.7 Å². The summed E-state index contributed by atoms with van der Waals surface area (Å²) in [7, 11) is -2.35. The minimum atomic E-state index is -2.35. The highest BCUT2D eigenvalue weighted by molar-refractivity contribution is 6.99. The number of benzene rings is 2. The Labute approximate surface area is 154 Å². The van der Waals surface area contributed by atoms with E-state index in [9.17, 15) is 0 Å². The van der Waals surface area contributed by atoms with Crippen LogP contribution in [0.1, 0.15) is 47.5 Å². The van der Waals surface area contributed by atoms with Crippen LogP contribution in [0, 0.1) is 0 Å². The van der Waals surface area contributed by atoms with Gasteiger partial charge in [-0.1, -0.05) is 93.1 Å². The Morgan fingerprint density at radius 2 is 1.40 bits per heavy atom. The lowest BCUT2D eigenvalue weighted by Gasteiger charge is -2.43. The van der Waals surface area contributed by atoms with Gasteiger partial charge in [-0.05, 0) is 42.1 Å². The maximum absolute atomic E-state index is 6.87. The zero-order valence-electron chi connectivity index (χ0n) is 16.4. The Kier molecular flexibility index (Phi) is 6.80. The summed E-state index contributed by atoms with van der Waals surface area (Å²) in [6, 6.07) is 21.7. The van der Waals surface area contributed by atoms with Crippen LogP contribution in [0.4, 0.5) is 0 Å². The van der Waals surface area contributed by atoms with E-state index in [0.717, 1.165) is 19.4 Å². The molecular weight excluding hydrogens is 320 g/mol. The topological polar surface area (TPSA) is 9.23 Å². The van der Waals surface area contributed by atoms with Gasteiger partial charge in [-0.15, -0.1) is 0 Å². The standard InChI is InChI=1S/C23H32OSi/c1-6-20(2)14-13-19-24-25(23(3,4)5,21-15-9-7-10-16-21)22-17-11-8-12-18-22/h6-12,15-18H,13-14,19H2,1-5H3/b20-6+. The third-order valence-corrected chi connectivity index (χ3v) is 9.99. The molecule has 0 saturated heterocycles. The Bertz CT molecular complexity index is 629.